The highest BCUT2D eigenvalue weighted by atomic mass is 19.4. The van der Waals surface area contributed by atoms with Crippen molar-refractivity contribution in [3.05, 3.63) is 42.0 Å². The van der Waals surface area contributed by atoms with E-state index in [0.717, 1.165) is 6.07 Å². The summed E-state index contributed by atoms with van der Waals surface area (Å²) in [6, 6.07) is 7.74. The molecule has 21 heavy (non-hydrogen) atoms. The van der Waals surface area contributed by atoms with Gasteiger partial charge in [-0.05, 0) is 24.3 Å². The quantitative estimate of drug-likeness (QED) is 0.600. The third-order valence-electron chi connectivity index (χ3n) is 3.15. The molecule has 0 saturated heterocycles. The van der Waals surface area contributed by atoms with Gasteiger partial charge < -0.3 is 10.2 Å². The standard InChI is InChI=1S/C14H9F3N2O2/c15-14(16,17)9-3-1-2-8-12(18-19-13(8)9)7-4-5-10(20)11(21)6-7/h1-6,20-21H,(H,18,19). The van der Waals surface area contributed by atoms with E-state index in [1.165, 1.54) is 30.3 Å². The summed E-state index contributed by atoms with van der Waals surface area (Å²) in [5, 5.41) is 25.3. The van der Waals surface area contributed by atoms with E-state index in [1.54, 1.807) is 0 Å². The first-order valence-electron chi connectivity index (χ1n) is 5.94. The highest BCUT2D eigenvalue weighted by Crippen LogP contribution is 2.38. The van der Waals surface area contributed by atoms with Crippen LogP contribution >= 0.6 is 0 Å². The fourth-order valence-electron chi connectivity index (χ4n) is 2.17. The lowest BCUT2D eigenvalue weighted by atomic mass is 10.0. The first-order valence-corrected chi connectivity index (χ1v) is 5.94. The van der Waals surface area contributed by atoms with Crippen LogP contribution in [0.4, 0.5) is 13.2 Å². The predicted molar refractivity (Wildman–Crippen MR) is 69.9 cm³/mol. The van der Waals surface area contributed by atoms with Gasteiger partial charge in [0.1, 0.15) is 5.52 Å². The summed E-state index contributed by atoms with van der Waals surface area (Å²) in [5.74, 6) is -0.666. The third-order valence-corrected chi connectivity index (χ3v) is 3.15. The number of hydrogen-bond acceptors (Lipinski definition) is 3. The van der Waals surface area contributed by atoms with E-state index < -0.39 is 11.7 Å². The van der Waals surface area contributed by atoms with Gasteiger partial charge in [-0.25, -0.2) is 0 Å². The number of nitrogens with one attached hydrogen (secondary N) is 1. The maximum absolute atomic E-state index is 12.9. The summed E-state index contributed by atoms with van der Waals surface area (Å²) >= 11 is 0. The molecule has 0 spiro atoms. The van der Waals surface area contributed by atoms with E-state index in [4.69, 9.17) is 0 Å². The second-order valence-electron chi connectivity index (χ2n) is 4.50. The molecule has 108 valence electrons. The minimum absolute atomic E-state index is 0.187. The number of alkyl halides is 3. The van der Waals surface area contributed by atoms with Gasteiger partial charge in [0.2, 0.25) is 0 Å². The number of rotatable bonds is 1. The molecule has 0 aliphatic rings. The van der Waals surface area contributed by atoms with Crippen molar-refractivity contribution in [3.63, 3.8) is 0 Å². The zero-order chi connectivity index (χ0) is 15.2. The van der Waals surface area contributed by atoms with Crippen LogP contribution in [0.3, 0.4) is 0 Å². The molecule has 0 fully saturated rings. The number of phenolic OH excluding ortho intramolecular Hbond substituents is 2. The number of benzene rings is 2. The second kappa shape index (κ2) is 4.41. The van der Waals surface area contributed by atoms with E-state index in [0.29, 0.717) is 11.3 Å². The highest BCUT2D eigenvalue weighted by molar-refractivity contribution is 5.95. The van der Waals surface area contributed by atoms with Gasteiger partial charge >= 0.3 is 6.18 Å². The first-order chi connectivity index (χ1) is 9.88. The molecular formula is C14H9F3N2O2. The number of H-pyrrole nitrogens is 1. The Morgan fingerprint density at radius 2 is 1.76 bits per heavy atom. The lowest BCUT2D eigenvalue weighted by molar-refractivity contribution is -0.136. The van der Waals surface area contributed by atoms with Gasteiger partial charge in [0.05, 0.1) is 11.3 Å². The van der Waals surface area contributed by atoms with Crippen LogP contribution in [0.1, 0.15) is 5.56 Å². The SMILES string of the molecule is Oc1ccc(-c2[nH]nc3c(C(F)(F)F)cccc23)cc1O. The molecular weight excluding hydrogens is 285 g/mol. The van der Waals surface area contributed by atoms with E-state index in [1.807, 2.05) is 0 Å². The lowest BCUT2D eigenvalue weighted by Crippen LogP contribution is -2.05. The first kappa shape index (κ1) is 13.3. The van der Waals surface area contributed by atoms with Crippen molar-refractivity contribution in [2.24, 2.45) is 0 Å². The van der Waals surface area contributed by atoms with E-state index >= 15 is 0 Å². The van der Waals surface area contributed by atoms with Crippen molar-refractivity contribution in [2.45, 2.75) is 6.18 Å². The predicted octanol–water partition coefficient (Wildman–Crippen LogP) is 3.66. The topological polar surface area (TPSA) is 69.1 Å². The minimum atomic E-state index is -4.50. The molecule has 0 radical (unpaired) electrons. The summed E-state index contributed by atoms with van der Waals surface area (Å²) in [7, 11) is 0. The maximum Gasteiger partial charge on any atom is 0.418 e. The zero-order valence-electron chi connectivity index (χ0n) is 10.4. The van der Waals surface area contributed by atoms with Crippen LogP contribution in [0.15, 0.2) is 36.4 Å². The van der Waals surface area contributed by atoms with Crippen molar-refractivity contribution in [1.29, 1.82) is 0 Å². The maximum atomic E-state index is 12.9. The number of aromatic hydroxyl groups is 2. The third kappa shape index (κ3) is 2.16. The molecule has 0 atom stereocenters. The molecule has 0 aliphatic carbocycles. The Balaban J connectivity index is 2.23. The Morgan fingerprint density at radius 1 is 1.00 bits per heavy atom. The summed E-state index contributed by atoms with van der Waals surface area (Å²) < 4.78 is 38.8. The monoisotopic (exact) mass is 294 g/mol. The number of aromatic amines is 1. The van der Waals surface area contributed by atoms with Crippen LogP contribution in [-0.2, 0) is 6.18 Å². The number of nitrogens with zero attached hydrogens (tertiary/aromatic N) is 1. The number of hydrogen-bond donors (Lipinski definition) is 3. The highest BCUT2D eigenvalue weighted by Gasteiger charge is 2.34. The number of para-hydroxylation sites is 1. The number of halogens is 3. The van der Waals surface area contributed by atoms with Crippen LogP contribution in [-0.4, -0.2) is 20.4 Å². The fraction of sp³-hybridized carbons (Fsp3) is 0.0714. The van der Waals surface area contributed by atoms with Crippen molar-refractivity contribution >= 4 is 10.9 Å². The van der Waals surface area contributed by atoms with Gasteiger partial charge in [-0.1, -0.05) is 12.1 Å². The van der Waals surface area contributed by atoms with Gasteiger partial charge in [0.15, 0.2) is 11.5 Å². The van der Waals surface area contributed by atoms with Gasteiger partial charge in [-0.15, -0.1) is 0 Å². The van der Waals surface area contributed by atoms with Crippen LogP contribution < -0.4 is 0 Å². The van der Waals surface area contributed by atoms with Crippen molar-refractivity contribution in [3.8, 4) is 22.8 Å². The van der Waals surface area contributed by atoms with Crippen molar-refractivity contribution in [1.82, 2.24) is 10.2 Å². The van der Waals surface area contributed by atoms with Gasteiger partial charge in [0, 0.05) is 10.9 Å². The molecule has 3 rings (SSSR count). The second-order valence-corrected chi connectivity index (χ2v) is 4.50. The van der Waals surface area contributed by atoms with Crippen LogP contribution in [0.25, 0.3) is 22.2 Å². The van der Waals surface area contributed by atoms with Crippen LogP contribution in [0, 0.1) is 0 Å². The van der Waals surface area contributed by atoms with E-state index in [9.17, 15) is 23.4 Å². The lowest BCUT2D eigenvalue weighted by Gasteiger charge is -2.07. The summed E-state index contributed by atoms with van der Waals surface area (Å²) in [4.78, 5) is 0. The molecule has 0 bridgehead atoms. The van der Waals surface area contributed by atoms with Crippen LogP contribution in [0.5, 0.6) is 11.5 Å². The van der Waals surface area contributed by atoms with E-state index in [-0.39, 0.29) is 22.4 Å². The van der Waals surface area contributed by atoms with Crippen molar-refractivity contribution < 1.29 is 23.4 Å². The van der Waals surface area contributed by atoms with Gasteiger partial charge in [-0.2, -0.15) is 18.3 Å². The number of fused-ring (bicyclic) bond motifs is 1. The summed E-state index contributed by atoms with van der Waals surface area (Å²) in [6.45, 7) is 0. The molecule has 0 unspecified atom stereocenters. The molecule has 1 heterocycles. The summed E-state index contributed by atoms with van der Waals surface area (Å²) in [6.07, 6.45) is -4.50. The molecule has 7 heteroatoms. The molecule has 0 aliphatic heterocycles. The molecule has 0 saturated carbocycles. The van der Waals surface area contributed by atoms with Crippen molar-refractivity contribution in [2.75, 3.05) is 0 Å². The molecule has 3 aromatic rings. The number of aromatic nitrogens is 2. The largest absolute Gasteiger partial charge is 0.504 e. The Labute approximate surface area is 116 Å². The number of phenols is 2. The smallest absolute Gasteiger partial charge is 0.418 e. The Bertz CT molecular complexity index is 825. The van der Waals surface area contributed by atoms with Gasteiger partial charge in [0.25, 0.3) is 0 Å². The Morgan fingerprint density at radius 3 is 2.43 bits per heavy atom. The molecule has 0 amide bonds. The Hall–Kier alpha value is -2.70. The van der Waals surface area contributed by atoms with E-state index in [2.05, 4.69) is 10.2 Å². The van der Waals surface area contributed by atoms with Gasteiger partial charge in [-0.3, -0.25) is 5.10 Å². The molecule has 3 N–H and O–H groups in total. The molecule has 2 aromatic carbocycles. The molecule has 4 nitrogen and oxygen atoms in total. The zero-order valence-corrected chi connectivity index (χ0v) is 10.4. The fourth-order valence-corrected chi connectivity index (χ4v) is 2.17. The van der Waals surface area contributed by atoms with Crippen LogP contribution in [0.2, 0.25) is 0 Å². The average Bonchev–Trinajstić information content (AvgIpc) is 2.84. The average molecular weight is 294 g/mol. The summed E-state index contributed by atoms with van der Waals surface area (Å²) in [5.41, 5.74) is -0.253. The minimum Gasteiger partial charge on any atom is -0.504 e. The normalized spacial score (nSPS) is 12.0. The molecule has 1 aromatic heterocycles. The Kier molecular flexibility index (Phi) is 2.79.